The van der Waals surface area contributed by atoms with Gasteiger partial charge in [0.1, 0.15) is 12.3 Å². The molecule has 0 aliphatic rings. The summed E-state index contributed by atoms with van der Waals surface area (Å²) in [5.74, 6) is 0.494. The minimum absolute atomic E-state index is 0.0249. The zero-order valence-corrected chi connectivity index (χ0v) is 12.3. The Balaban J connectivity index is 1.69. The van der Waals surface area contributed by atoms with Crippen molar-refractivity contribution in [1.82, 2.24) is 13.7 Å². The first-order valence-electron chi connectivity index (χ1n) is 6.54. The molecule has 8 heteroatoms. The van der Waals surface area contributed by atoms with Gasteiger partial charge in [-0.25, -0.2) is 0 Å². The molecule has 0 aliphatic carbocycles. The number of aliphatic hydroxyl groups is 1. The fourth-order valence-corrected chi connectivity index (χ4v) is 2.06. The van der Waals surface area contributed by atoms with E-state index in [0.717, 1.165) is 17.3 Å². The maximum atomic E-state index is 8.53. The van der Waals surface area contributed by atoms with Gasteiger partial charge in [0.05, 0.1) is 44.8 Å². The van der Waals surface area contributed by atoms with E-state index in [1.54, 1.807) is 12.4 Å². The Morgan fingerprint density at radius 1 is 1.05 bits per heavy atom. The molecule has 0 radical (unpaired) electrons. The Hall–Kier alpha value is -1.61. The number of rotatable bonds is 10. The van der Waals surface area contributed by atoms with Gasteiger partial charge in [0.25, 0.3) is 5.88 Å². The number of aromatic nitrogens is 3. The molecular formula is C13H17N3O4S. The van der Waals surface area contributed by atoms with E-state index in [-0.39, 0.29) is 6.61 Å². The van der Waals surface area contributed by atoms with Crippen molar-refractivity contribution in [2.75, 3.05) is 39.6 Å². The number of hydrogen-bond acceptors (Lipinski definition) is 8. The van der Waals surface area contributed by atoms with Gasteiger partial charge in [0, 0.05) is 18.0 Å². The summed E-state index contributed by atoms with van der Waals surface area (Å²) in [5.41, 5.74) is 1.57. The Labute approximate surface area is 126 Å². The Bertz CT molecular complexity index is 509. The van der Waals surface area contributed by atoms with Crippen LogP contribution in [0.3, 0.4) is 0 Å². The van der Waals surface area contributed by atoms with Gasteiger partial charge in [-0.1, -0.05) is 0 Å². The fourth-order valence-electron chi connectivity index (χ4n) is 1.54. The van der Waals surface area contributed by atoms with E-state index in [4.69, 9.17) is 19.3 Å². The molecule has 0 bridgehead atoms. The molecule has 0 aromatic carbocycles. The molecule has 1 N–H and O–H groups in total. The van der Waals surface area contributed by atoms with E-state index in [1.165, 1.54) is 0 Å². The monoisotopic (exact) mass is 311 g/mol. The third kappa shape index (κ3) is 5.35. The van der Waals surface area contributed by atoms with Gasteiger partial charge < -0.3 is 19.3 Å². The Kier molecular flexibility index (Phi) is 7.02. The zero-order valence-electron chi connectivity index (χ0n) is 11.5. The van der Waals surface area contributed by atoms with Gasteiger partial charge in [-0.3, -0.25) is 4.98 Å². The highest BCUT2D eigenvalue weighted by Gasteiger charge is 2.11. The largest absolute Gasteiger partial charge is 0.473 e. The number of ether oxygens (including phenoxy) is 3. The lowest BCUT2D eigenvalue weighted by Crippen LogP contribution is -2.12. The summed E-state index contributed by atoms with van der Waals surface area (Å²) in [4.78, 5) is 4.05. The van der Waals surface area contributed by atoms with E-state index in [0.29, 0.717) is 44.6 Å². The molecule has 0 atom stereocenters. The van der Waals surface area contributed by atoms with E-state index in [1.807, 2.05) is 12.1 Å². The predicted octanol–water partition coefficient (Wildman–Crippen LogP) is 1.00. The summed E-state index contributed by atoms with van der Waals surface area (Å²) in [6.45, 7) is 2.11. The van der Waals surface area contributed by atoms with Crippen LogP contribution in [0.15, 0.2) is 24.5 Å². The van der Waals surface area contributed by atoms with Crippen LogP contribution < -0.4 is 4.74 Å². The first-order chi connectivity index (χ1) is 10.4. The minimum atomic E-state index is 0.0249. The molecule has 0 fully saturated rings. The summed E-state index contributed by atoms with van der Waals surface area (Å²) < 4.78 is 24.3. The first-order valence-corrected chi connectivity index (χ1v) is 7.27. The molecule has 2 heterocycles. The highest BCUT2D eigenvalue weighted by atomic mass is 32.1. The second kappa shape index (κ2) is 9.35. The van der Waals surface area contributed by atoms with Crippen molar-refractivity contribution in [3.63, 3.8) is 0 Å². The summed E-state index contributed by atoms with van der Waals surface area (Å²) >= 11 is 1.10. The molecular weight excluding hydrogens is 294 g/mol. The van der Waals surface area contributed by atoms with Crippen molar-refractivity contribution in [2.24, 2.45) is 0 Å². The van der Waals surface area contributed by atoms with Gasteiger partial charge in [-0.15, -0.1) is 4.37 Å². The molecule has 0 unspecified atom stereocenters. The standard InChI is InChI=1S/C13H17N3O4S/c17-4-5-18-6-7-19-8-9-20-13-12(15-21-16-13)11-2-1-3-14-10-11/h1-3,10,17H,4-9H2. The van der Waals surface area contributed by atoms with E-state index in [2.05, 4.69) is 13.7 Å². The predicted molar refractivity (Wildman–Crippen MR) is 77.4 cm³/mol. The van der Waals surface area contributed by atoms with Gasteiger partial charge in [0.2, 0.25) is 0 Å². The lowest BCUT2D eigenvalue weighted by molar-refractivity contribution is 0.0244. The van der Waals surface area contributed by atoms with Crippen molar-refractivity contribution >= 4 is 11.7 Å². The molecule has 21 heavy (non-hydrogen) atoms. The molecule has 2 aromatic heterocycles. The maximum absolute atomic E-state index is 8.53. The van der Waals surface area contributed by atoms with Gasteiger partial charge in [-0.05, 0) is 12.1 Å². The van der Waals surface area contributed by atoms with Gasteiger partial charge in [0.15, 0.2) is 0 Å². The first kappa shape index (κ1) is 15.8. The van der Waals surface area contributed by atoms with E-state index >= 15 is 0 Å². The van der Waals surface area contributed by atoms with Crippen LogP contribution in [-0.2, 0) is 9.47 Å². The minimum Gasteiger partial charge on any atom is -0.473 e. The van der Waals surface area contributed by atoms with Crippen LogP contribution in [0.25, 0.3) is 11.3 Å². The zero-order chi connectivity index (χ0) is 14.8. The highest BCUT2D eigenvalue weighted by Crippen LogP contribution is 2.26. The van der Waals surface area contributed by atoms with Crippen LogP contribution in [0.4, 0.5) is 0 Å². The van der Waals surface area contributed by atoms with Crippen molar-refractivity contribution < 1.29 is 19.3 Å². The van der Waals surface area contributed by atoms with Crippen LogP contribution in [0.5, 0.6) is 5.88 Å². The highest BCUT2D eigenvalue weighted by molar-refractivity contribution is 6.99. The molecule has 2 aromatic rings. The average Bonchev–Trinajstić information content (AvgIpc) is 2.99. The third-order valence-electron chi connectivity index (χ3n) is 2.47. The van der Waals surface area contributed by atoms with Crippen LogP contribution in [0.1, 0.15) is 0 Å². The summed E-state index contributed by atoms with van der Waals surface area (Å²) in [5, 5.41) is 8.53. The lowest BCUT2D eigenvalue weighted by atomic mass is 10.2. The van der Waals surface area contributed by atoms with Crippen LogP contribution in [0.2, 0.25) is 0 Å². The topological polar surface area (TPSA) is 86.6 Å². The van der Waals surface area contributed by atoms with Crippen LogP contribution in [-0.4, -0.2) is 58.5 Å². The molecule has 0 spiro atoms. The quantitative estimate of drug-likeness (QED) is 0.655. The fraction of sp³-hybridized carbons (Fsp3) is 0.462. The summed E-state index contributed by atoms with van der Waals surface area (Å²) in [7, 11) is 0. The normalized spacial score (nSPS) is 10.7. The number of aliphatic hydroxyl groups excluding tert-OH is 1. The molecule has 2 rings (SSSR count). The smallest absolute Gasteiger partial charge is 0.254 e. The maximum Gasteiger partial charge on any atom is 0.254 e. The average molecular weight is 311 g/mol. The number of hydrogen-bond donors (Lipinski definition) is 1. The summed E-state index contributed by atoms with van der Waals surface area (Å²) in [6, 6.07) is 3.75. The Morgan fingerprint density at radius 3 is 2.62 bits per heavy atom. The third-order valence-corrected chi connectivity index (χ3v) is 2.98. The second-order valence-electron chi connectivity index (χ2n) is 3.96. The van der Waals surface area contributed by atoms with Crippen LogP contribution >= 0.6 is 11.7 Å². The van der Waals surface area contributed by atoms with E-state index < -0.39 is 0 Å². The van der Waals surface area contributed by atoms with Crippen molar-refractivity contribution in [1.29, 1.82) is 0 Å². The van der Waals surface area contributed by atoms with Crippen molar-refractivity contribution in [2.45, 2.75) is 0 Å². The molecule has 0 saturated carbocycles. The van der Waals surface area contributed by atoms with Crippen LogP contribution in [0, 0.1) is 0 Å². The van der Waals surface area contributed by atoms with E-state index in [9.17, 15) is 0 Å². The SMILES string of the molecule is OCCOCCOCCOc1nsnc1-c1cccnc1. The molecule has 0 amide bonds. The Morgan fingerprint density at radius 2 is 1.86 bits per heavy atom. The lowest BCUT2D eigenvalue weighted by Gasteiger charge is -2.06. The second-order valence-corrected chi connectivity index (χ2v) is 4.48. The van der Waals surface area contributed by atoms with Gasteiger partial charge in [-0.2, -0.15) is 4.37 Å². The number of nitrogens with zero attached hydrogens (tertiary/aromatic N) is 3. The molecule has 0 saturated heterocycles. The molecule has 0 aliphatic heterocycles. The number of pyridine rings is 1. The van der Waals surface area contributed by atoms with Crippen molar-refractivity contribution in [3.8, 4) is 17.1 Å². The van der Waals surface area contributed by atoms with Crippen molar-refractivity contribution in [3.05, 3.63) is 24.5 Å². The molecule has 114 valence electrons. The van der Waals surface area contributed by atoms with Gasteiger partial charge >= 0.3 is 0 Å². The molecule has 7 nitrogen and oxygen atoms in total. The summed E-state index contributed by atoms with van der Waals surface area (Å²) in [6.07, 6.45) is 3.43.